The predicted octanol–water partition coefficient (Wildman–Crippen LogP) is 6.46. The van der Waals surface area contributed by atoms with Gasteiger partial charge in [0.25, 0.3) is 0 Å². The normalized spacial score (nSPS) is 14.3. The summed E-state index contributed by atoms with van der Waals surface area (Å²) in [5.41, 5.74) is 5.83. The van der Waals surface area contributed by atoms with Gasteiger partial charge in [-0.2, -0.15) is 5.10 Å². The first-order valence-corrected chi connectivity index (χ1v) is 16.2. The molecule has 2 rings (SSSR count). The molecule has 0 heterocycles. The molecule has 4 nitrogen and oxygen atoms in total. The third-order valence-corrected chi connectivity index (χ3v) is 8.53. The van der Waals surface area contributed by atoms with E-state index in [2.05, 4.69) is 39.3 Å². The lowest BCUT2D eigenvalue weighted by atomic mass is 10.2. The first-order chi connectivity index (χ1) is 14.2. The van der Waals surface area contributed by atoms with E-state index in [0.29, 0.717) is 0 Å². The second-order valence-corrected chi connectivity index (χ2v) is 16.0. The van der Waals surface area contributed by atoms with Gasteiger partial charge in [0.1, 0.15) is 6.10 Å². The molecule has 0 saturated carbocycles. The third kappa shape index (κ3) is 7.21. The minimum atomic E-state index is -2.06. The molecule has 0 bridgehead atoms. The van der Waals surface area contributed by atoms with Crippen LogP contribution in [-0.2, 0) is 8.85 Å². The number of hydrogen-bond acceptors (Lipinski definition) is 4. The van der Waals surface area contributed by atoms with Crippen molar-refractivity contribution in [1.29, 1.82) is 0 Å². The van der Waals surface area contributed by atoms with Gasteiger partial charge < -0.3 is 8.85 Å². The van der Waals surface area contributed by atoms with Crippen LogP contribution >= 0.6 is 0 Å². The lowest BCUT2D eigenvalue weighted by Gasteiger charge is -2.33. The Labute approximate surface area is 183 Å². The zero-order valence-electron chi connectivity index (χ0n) is 18.8. The first kappa shape index (κ1) is 24.0. The van der Waals surface area contributed by atoms with Crippen LogP contribution in [0.4, 0.5) is 11.4 Å². The van der Waals surface area contributed by atoms with Crippen LogP contribution < -0.4 is 5.01 Å². The maximum atomic E-state index is 6.47. The molecule has 30 heavy (non-hydrogen) atoms. The minimum Gasteiger partial charge on any atom is -0.408 e. The molecule has 0 radical (unpaired) electrons. The average Bonchev–Trinajstić information content (AvgIpc) is 2.74. The fraction of sp³-hybridized carbons (Fsp3) is 0.292. The van der Waals surface area contributed by atoms with Crippen LogP contribution in [0.15, 0.2) is 90.3 Å². The molecule has 0 aromatic heterocycles. The van der Waals surface area contributed by atoms with Crippen molar-refractivity contribution in [1.82, 2.24) is 0 Å². The topological polar surface area (TPSA) is 34.1 Å². The summed E-state index contributed by atoms with van der Waals surface area (Å²) in [6.07, 6.45) is 1.40. The Balaban J connectivity index is 2.38. The second-order valence-electron chi connectivity index (χ2n) is 8.27. The average molecular weight is 439 g/mol. The summed E-state index contributed by atoms with van der Waals surface area (Å²) in [7, 11) is -4.03. The molecule has 0 saturated heterocycles. The lowest BCUT2D eigenvalue weighted by Crippen LogP contribution is -2.45. The van der Waals surface area contributed by atoms with Crippen LogP contribution in [0.5, 0.6) is 0 Å². The molecule has 0 spiro atoms. The molecule has 0 amide bonds. The van der Waals surface area contributed by atoms with Gasteiger partial charge in [0.05, 0.1) is 23.7 Å². The summed E-state index contributed by atoms with van der Waals surface area (Å²) in [5.74, 6) is 0. The molecule has 2 aromatic rings. The van der Waals surface area contributed by atoms with Gasteiger partial charge in [-0.05, 0) is 57.4 Å². The van der Waals surface area contributed by atoms with Gasteiger partial charge >= 0.3 is 0 Å². The number of hydrazone groups is 1. The van der Waals surface area contributed by atoms with Crippen molar-refractivity contribution in [2.75, 3.05) is 5.01 Å². The molecular formula is C24H34N2O2Si2. The standard InChI is InChI=1S/C24H34N2O2Si2/c1-8-29(4,5)27-21(3)24(28-30(6,7)9-2)20-25-26(22-16-12-10-13-17-22)23-18-14-11-15-19-23/h8-21,24H,1-2H2,3-7H3/b25-20+/t21-,24-/m0/s1. The van der Waals surface area contributed by atoms with Crippen LogP contribution in [0.3, 0.4) is 0 Å². The van der Waals surface area contributed by atoms with Crippen LogP contribution in [0.1, 0.15) is 6.92 Å². The number of para-hydroxylation sites is 2. The van der Waals surface area contributed by atoms with Gasteiger partial charge in [-0.25, -0.2) is 5.01 Å². The molecule has 0 aliphatic rings. The number of anilines is 2. The van der Waals surface area contributed by atoms with Crippen molar-refractivity contribution in [3.63, 3.8) is 0 Å². The molecule has 6 heteroatoms. The Morgan fingerprint density at radius 2 is 1.23 bits per heavy atom. The van der Waals surface area contributed by atoms with Crippen molar-refractivity contribution in [3.05, 3.63) is 85.2 Å². The third-order valence-electron chi connectivity index (χ3n) is 4.71. The van der Waals surface area contributed by atoms with Crippen molar-refractivity contribution in [3.8, 4) is 0 Å². The van der Waals surface area contributed by atoms with E-state index >= 15 is 0 Å². The van der Waals surface area contributed by atoms with Crippen molar-refractivity contribution in [2.24, 2.45) is 5.10 Å². The summed E-state index contributed by atoms with van der Waals surface area (Å²) in [4.78, 5) is 0. The van der Waals surface area contributed by atoms with Gasteiger partial charge in [0.2, 0.25) is 16.6 Å². The molecule has 0 aliphatic carbocycles. The maximum absolute atomic E-state index is 6.47. The highest BCUT2D eigenvalue weighted by Gasteiger charge is 2.30. The van der Waals surface area contributed by atoms with Gasteiger partial charge in [-0.3, -0.25) is 0 Å². The molecular weight excluding hydrogens is 404 g/mol. The van der Waals surface area contributed by atoms with Gasteiger partial charge in [-0.1, -0.05) is 47.8 Å². The van der Waals surface area contributed by atoms with Gasteiger partial charge in [0.15, 0.2) is 0 Å². The zero-order chi connectivity index (χ0) is 22.2. The fourth-order valence-corrected chi connectivity index (χ4v) is 5.03. The SMILES string of the molecule is C=C[Si](C)(C)O[C@@H](C)[C@H](/C=N/N(c1ccccc1)c1ccccc1)O[Si](C)(C)C=C. The number of hydrogen-bond donors (Lipinski definition) is 0. The second kappa shape index (κ2) is 10.7. The van der Waals surface area contributed by atoms with Crippen molar-refractivity contribution >= 4 is 34.2 Å². The van der Waals surface area contributed by atoms with E-state index in [1.165, 1.54) is 0 Å². The lowest BCUT2D eigenvalue weighted by molar-refractivity contribution is 0.103. The van der Waals surface area contributed by atoms with E-state index in [1.807, 2.05) is 90.2 Å². The summed E-state index contributed by atoms with van der Waals surface area (Å²) < 4.78 is 12.8. The van der Waals surface area contributed by atoms with Crippen LogP contribution in [-0.4, -0.2) is 35.1 Å². The highest BCUT2D eigenvalue weighted by atomic mass is 28.4. The Hall–Kier alpha value is -2.26. The quantitative estimate of drug-likeness (QED) is 0.229. The van der Waals surface area contributed by atoms with E-state index in [9.17, 15) is 0 Å². The number of rotatable bonds is 11. The molecule has 160 valence electrons. The zero-order valence-corrected chi connectivity index (χ0v) is 20.8. The van der Waals surface area contributed by atoms with E-state index in [-0.39, 0.29) is 12.2 Å². The Kier molecular flexibility index (Phi) is 8.55. The molecule has 0 N–H and O–H groups in total. The first-order valence-electron chi connectivity index (χ1n) is 10.2. The van der Waals surface area contributed by atoms with E-state index in [4.69, 9.17) is 14.0 Å². The van der Waals surface area contributed by atoms with Gasteiger partial charge in [0, 0.05) is 0 Å². The highest BCUT2D eigenvalue weighted by Crippen LogP contribution is 2.25. The highest BCUT2D eigenvalue weighted by molar-refractivity contribution is 6.76. The smallest absolute Gasteiger partial charge is 0.211 e. The van der Waals surface area contributed by atoms with Crippen LogP contribution in [0.2, 0.25) is 26.2 Å². The predicted molar refractivity (Wildman–Crippen MR) is 134 cm³/mol. The number of benzene rings is 2. The minimum absolute atomic E-state index is 0.159. The van der Waals surface area contributed by atoms with Gasteiger partial charge in [-0.15, -0.1) is 13.2 Å². The maximum Gasteiger partial charge on any atom is 0.211 e. The number of nitrogens with zero attached hydrogens (tertiary/aromatic N) is 2. The Bertz CT molecular complexity index is 799. The summed E-state index contributed by atoms with van der Waals surface area (Å²) >= 11 is 0. The Morgan fingerprint density at radius 1 is 0.800 bits per heavy atom. The summed E-state index contributed by atoms with van der Waals surface area (Å²) in [6.45, 7) is 18.4. The summed E-state index contributed by atoms with van der Waals surface area (Å²) in [5, 5.41) is 6.76. The molecule has 0 unspecified atom stereocenters. The monoisotopic (exact) mass is 438 g/mol. The summed E-state index contributed by atoms with van der Waals surface area (Å²) in [6, 6.07) is 20.2. The van der Waals surface area contributed by atoms with Crippen LogP contribution in [0, 0.1) is 0 Å². The largest absolute Gasteiger partial charge is 0.408 e. The van der Waals surface area contributed by atoms with E-state index in [1.54, 1.807) is 0 Å². The molecule has 0 aliphatic heterocycles. The van der Waals surface area contributed by atoms with Crippen molar-refractivity contribution in [2.45, 2.75) is 45.3 Å². The van der Waals surface area contributed by atoms with E-state index in [0.717, 1.165) is 11.4 Å². The molecule has 2 aromatic carbocycles. The fourth-order valence-electron chi connectivity index (χ4n) is 2.79. The Morgan fingerprint density at radius 3 is 1.67 bits per heavy atom. The molecule has 2 atom stereocenters. The van der Waals surface area contributed by atoms with Crippen molar-refractivity contribution < 1.29 is 8.85 Å². The van der Waals surface area contributed by atoms with E-state index < -0.39 is 16.6 Å². The van der Waals surface area contributed by atoms with Crippen LogP contribution in [0.25, 0.3) is 0 Å². The molecule has 0 fully saturated rings.